The van der Waals surface area contributed by atoms with Gasteiger partial charge in [-0.1, -0.05) is 13.0 Å². The van der Waals surface area contributed by atoms with Crippen LogP contribution in [0.3, 0.4) is 0 Å². The molecular weight excluding hydrogens is 202 g/mol. The van der Waals surface area contributed by atoms with E-state index in [-0.39, 0.29) is 5.41 Å². The van der Waals surface area contributed by atoms with Gasteiger partial charge in [0, 0.05) is 18.0 Å². The molecule has 82 valence electrons. The minimum absolute atomic E-state index is 0.198. The number of hydrogen-bond acceptors (Lipinski definition) is 2. The van der Waals surface area contributed by atoms with Gasteiger partial charge in [0.2, 0.25) is 0 Å². The van der Waals surface area contributed by atoms with E-state index in [2.05, 4.69) is 41.7 Å². The Morgan fingerprint density at radius 3 is 3.00 bits per heavy atom. The molecule has 0 amide bonds. The molecule has 1 aromatic rings. The molecule has 1 saturated carbocycles. The fraction of sp³-hybridized carbons (Fsp3) is 0.538. The molecule has 0 aliphatic heterocycles. The van der Waals surface area contributed by atoms with Crippen LogP contribution >= 0.6 is 11.3 Å². The maximum atomic E-state index is 3.98. The zero-order chi connectivity index (χ0) is 10.7. The smallest absolute Gasteiger partial charge is 0.00685 e. The van der Waals surface area contributed by atoms with Crippen molar-refractivity contribution in [3.63, 3.8) is 0 Å². The molecule has 1 N–H and O–H groups in total. The quantitative estimate of drug-likeness (QED) is 0.727. The molecule has 0 radical (unpaired) electrons. The topological polar surface area (TPSA) is 12.0 Å². The van der Waals surface area contributed by atoms with E-state index in [1.54, 1.807) is 11.3 Å². The minimum Gasteiger partial charge on any atom is -0.313 e. The van der Waals surface area contributed by atoms with E-state index in [1.807, 2.05) is 0 Å². The van der Waals surface area contributed by atoms with E-state index < -0.39 is 0 Å². The van der Waals surface area contributed by atoms with Crippen molar-refractivity contribution in [1.29, 1.82) is 0 Å². The van der Waals surface area contributed by atoms with Crippen molar-refractivity contribution in [2.75, 3.05) is 6.54 Å². The van der Waals surface area contributed by atoms with Gasteiger partial charge >= 0.3 is 0 Å². The lowest BCUT2D eigenvalue weighted by Gasteiger charge is -2.25. The van der Waals surface area contributed by atoms with Crippen molar-refractivity contribution in [3.8, 4) is 0 Å². The Hall–Kier alpha value is -0.600. The van der Waals surface area contributed by atoms with Crippen LogP contribution in [0.4, 0.5) is 0 Å². The van der Waals surface area contributed by atoms with Crippen LogP contribution in [0, 0.1) is 5.41 Å². The number of hydrogen-bond donors (Lipinski definition) is 1. The number of rotatable bonds is 6. The highest BCUT2D eigenvalue weighted by Crippen LogP contribution is 2.26. The normalized spacial score (nSPS) is 19.8. The maximum absolute atomic E-state index is 3.98. The molecule has 0 bridgehead atoms. The summed E-state index contributed by atoms with van der Waals surface area (Å²) in [4.78, 5) is 0. The minimum atomic E-state index is 0.198. The van der Waals surface area contributed by atoms with Crippen LogP contribution < -0.4 is 5.32 Å². The maximum Gasteiger partial charge on any atom is 0.00685 e. The molecule has 15 heavy (non-hydrogen) atoms. The third-order valence-corrected chi connectivity index (χ3v) is 3.78. The monoisotopic (exact) mass is 221 g/mol. The molecule has 1 aliphatic rings. The van der Waals surface area contributed by atoms with Gasteiger partial charge in [-0.3, -0.25) is 0 Å². The summed E-state index contributed by atoms with van der Waals surface area (Å²) in [5.41, 5.74) is 1.63. The first-order valence-corrected chi connectivity index (χ1v) is 6.54. The highest BCUT2D eigenvalue weighted by atomic mass is 32.1. The Morgan fingerprint density at radius 2 is 2.47 bits per heavy atom. The summed E-state index contributed by atoms with van der Waals surface area (Å²) in [6.07, 6.45) is 5.90. The first-order chi connectivity index (χ1) is 7.22. The van der Waals surface area contributed by atoms with E-state index in [0.717, 1.165) is 19.0 Å². The second-order valence-electron chi connectivity index (χ2n) is 4.82. The Morgan fingerprint density at radius 1 is 1.67 bits per heavy atom. The molecule has 2 rings (SSSR count). The predicted octanol–water partition coefficient (Wildman–Crippen LogP) is 3.23. The van der Waals surface area contributed by atoms with Crippen LogP contribution in [-0.2, 0) is 6.42 Å². The predicted molar refractivity (Wildman–Crippen MR) is 67.4 cm³/mol. The summed E-state index contributed by atoms with van der Waals surface area (Å²) in [5.74, 6) is 0. The van der Waals surface area contributed by atoms with Crippen LogP contribution in [0.1, 0.15) is 25.3 Å². The second-order valence-corrected chi connectivity index (χ2v) is 5.60. The summed E-state index contributed by atoms with van der Waals surface area (Å²) in [6.45, 7) is 7.31. The van der Waals surface area contributed by atoms with Gasteiger partial charge in [-0.2, -0.15) is 11.3 Å². The molecule has 1 unspecified atom stereocenters. The van der Waals surface area contributed by atoms with Gasteiger partial charge in [0.25, 0.3) is 0 Å². The molecular formula is C13H19NS. The molecule has 1 heterocycles. The van der Waals surface area contributed by atoms with Gasteiger partial charge < -0.3 is 5.32 Å². The van der Waals surface area contributed by atoms with Crippen LogP contribution in [0.15, 0.2) is 29.5 Å². The van der Waals surface area contributed by atoms with E-state index in [0.29, 0.717) is 0 Å². The average molecular weight is 221 g/mol. The Kier molecular flexibility index (Phi) is 3.27. The molecule has 1 aromatic heterocycles. The van der Waals surface area contributed by atoms with Crippen molar-refractivity contribution in [3.05, 3.63) is 35.0 Å². The first-order valence-electron chi connectivity index (χ1n) is 5.60. The highest BCUT2D eigenvalue weighted by Gasteiger charge is 2.26. The standard InChI is InChI=1S/C13H19NS/c1-3-13(2,10-14-12-4-5-12)8-11-6-7-15-9-11/h3,6-7,9,12,14H,1,4-5,8,10H2,2H3. The summed E-state index contributed by atoms with van der Waals surface area (Å²) >= 11 is 1.77. The molecule has 1 nitrogen and oxygen atoms in total. The Bertz CT molecular complexity index is 313. The van der Waals surface area contributed by atoms with E-state index in [4.69, 9.17) is 0 Å². The van der Waals surface area contributed by atoms with E-state index in [1.165, 1.54) is 18.4 Å². The second kappa shape index (κ2) is 4.50. The number of nitrogens with one attached hydrogen (secondary N) is 1. The summed E-state index contributed by atoms with van der Waals surface area (Å²) in [7, 11) is 0. The lowest BCUT2D eigenvalue weighted by atomic mass is 9.84. The summed E-state index contributed by atoms with van der Waals surface area (Å²) < 4.78 is 0. The van der Waals surface area contributed by atoms with Crippen LogP contribution in [-0.4, -0.2) is 12.6 Å². The first kappa shape index (κ1) is 10.9. The van der Waals surface area contributed by atoms with Crippen molar-refractivity contribution < 1.29 is 0 Å². The van der Waals surface area contributed by atoms with Gasteiger partial charge in [-0.05, 0) is 41.7 Å². The van der Waals surface area contributed by atoms with Gasteiger partial charge in [-0.15, -0.1) is 6.58 Å². The largest absolute Gasteiger partial charge is 0.313 e. The Balaban J connectivity index is 1.90. The highest BCUT2D eigenvalue weighted by molar-refractivity contribution is 7.07. The molecule has 0 spiro atoms. The van der Waals surface area contributed by atoms with Crippen LogP contribution in [0.25, 0.3) is 0 Å². The summed E-state index contributed by atoms with van der Waals surface area (Å²) in [6, 6.07) is 3.00. The van der Waals surface area contributed by atoms with Crippen LogP contribution in [0.5, 0.6) is 0 Å². The van der Waals surface area contributed by atoms with Gasteiger partial charge in [-0.25, -0.2) is 0 Å². The fourth-order valence-corrected chi connectivity index (χ4v) is 2.40. The van der Waals surface area contributed by atoms with Crippen molar-refractivity contribution in [1.82, 2.24) is 5.32 Å². The lowest BCUT2D eigenvalue weighted by Crippen LogP contribution is -2.33. The molecule has 0 saturated heterocycles. The molecule has 2 heteroatoms. The molecule has 1 fully saturated rings. The SMILES string of the molecule is C=CC(C)(CNC1CC1)Cc1ccsc1. The van der Waals surface area contributed by atoms with E-state index in [9.17, 15) is 0 Å². The fourth-order valence-electron chi connectivity index (χ4n) is 1.73. The van der Waals surface area contributed by atoms with Crippen LogP contribution in [0.2, 0.25) is 0 Å². The van der Waals surface area contributed by atoms with Crippen molar-refractivity contribution in [2.24, 2.45) is 5.41 Å². The van der Waals surface area contributed by atoms with Gasteiger partial charge in [0.15, 0.2) is 0 Å². The average Bonchev–Trinajstić information content (AvgIpc) is 2.94. The third-order valence-electron chi connectivity index (χ3n) is 3.05. The Labute approximate surface area is 96.2 Å². The third kappa shape index (κ3) is 3.18. The van der Waals surface area contributed by atoms with Crippen molar-refractivity contribution in [2.45, 2.75) is 32.2 Å². The zero-order valence-corrected chi connectivity index (χ0v) is 10.1. The molecule has 1 aliphatic carbocycles. The van der Waals surface area contributed by atoms with E-state index >= 15 is 0 Å². The van der Waals surface area contributed by atoms with Crippen molar-refractivity contribution >= 4 is 11.3 Å². The summed E-state index contributed by atoms with van der Waals surface area (Å²) in [5, 5.41) is 7.97. The van der Waals surface area contributed by atoms with Gasteiger partial charge in [0.05, 0.1) is 0 Å². The van der Waals surface area contributed by atoms with Gasteiger partial charge in [0.1, 0.15) is 0 Å². The zero-order valence-electron chi connectivity index (χ0n) is 9.33. The molecule has 1 atom stereocenters. The molecule has 0 aromatic carbocycles. The lowest BCUT2D eigenvalue weighted by molar-refractivity contribution is 0.389. The number of thiophene rings is 1.